The smallest absolute Gasteiger partial charge is 0.0467 e. The van der Waals surface area contributed by atoms with Gasteiger partial charge in [0.25, 0.3) is 0 Å². The van der Waals surface area contributed by atoms with Crippen molar-refractivity contribution >= 4 is 21.5 Å². The fourth-order valence-electron chi connectivity index (χ4n) is 4.42. The summed E-state index contributed by atoms with van der Waals surface area (Å²) in [4.78, 5) is 0. The van der Waals surface area contributed by atoms with Crippen LogP contribution in [-0.4, -0.2) is 0 Å². The molecule has 0 bridgehead atoms. The molecule has 2 aromatic carbocycles. The van der Waals surface area contributed by atoms with Crippen molar-refractivity contribution in [2.24, 2.45) is 0 Å². The van der Waals surface area contributed by atoms with E-state index in [1.165, 1.54) is 43.6 Å². The van der Waals surface area contributed by atoms with E-state index < -0.39 is 0 Å². The molecule has 0 unspecified atom stereocenters. The van der Waals surface area contributed by atoms with Crippen molar-refractivity contribution in [2.45, 2.75) is 25.7 Å². The lowest BCUT2D eigenvalue weighted by molar-refractivity contribution is 0.879. The van der Waals surface area contributed by atoms with E-state index in [4.69, 9.17) is 0 Å². The number of allylic oxidation sites excluding steroid dienone is 6. The van der Waals surface area contributed by atoms with Gasteiger partial charge in [-0.1, -0.05) is 64.5 Å². The molecule has 0 saturated carbocycles. The van der Waals surface area contributed by atoms with E-state index in [2.05, 4.69) is 75.9 Å². The van der Waals surface area contributed by atoms with E-state index in [1.807, 2.05) is 12.3 Å². The number of halogens is 1. The van der Waals surface area contributed by atoms with E-state index in [-0.39, 0.29) is 0 Å². The first-order chi connectivity index (χ1) is 12.8. The fourth-order valence-corrected chi connectivity index (χ4v) is 5.05. The van der Waals surface area contributed by atoms with Crippen molar-refractivity contribution in [1.29, 1.82) is 0 Å². The number of fused-ring (bicyclic) bond motifs is 5. The Morgan fingerprint density at radius 3 is 2.50 bits per heavy atom. The highest BCUT2D eigenvalue weighted by molar-refractivity contribution is 9.11. The molecule has 1 heterocycles. The van der Waals surface area contributed by atoms with Gasteiger partial charge in [-0.25, -0.2) is 0 Å². The molecule has 0 saturated heterocycles. The predicted octanol–water partition coefficient (Wildman–Crippen LogP) is 6.06. The third-order valence-electron chi connectivity index (χ3n) is 5.61. The highest BCUT2D eigenvalue weighted by Crippen LogP contribution is 2.44. The Labute approximate surface area is 163 Å². The summed E-state index contributed by atoms with van der Waals surface area (Å²) in [5.74, 6) is 0. The summed E-state index contributed by atoms with van der Waals surface area (Å²) in [5, 5.41) is 3.45. The molecule has 0 aromatic heterocycles. The molecule has 0 spiro atoms. The first kappa shape index (κ1) is 15.9. The number of aryl methyl sites for hydroxylation is 1. The molecular formula is C24H20BrN. The standard InChI is InChI=1S/C24H20BrN/c25-22-14-13-20-19-10-9-16-6-3-4-7-17(16)18(19)11-12-21(20)24(22)23-8-2-1-5-15-26-23/h1-8,11-12,15,26H,9-10,13-14H2. The van der Waals surface area contributed by atoms with Gasteiger partial charge >= 0.3 is 0 Å². The quantitative estimate of drug-likeness (QED) is 0.611. The lowest BCUT2D eigenvalue weighted by Crippen LogP contribution is -2.16. The van der Waals surface area contributed by atoms with Crippen LogP contribution >= 0.6 is 15.9 Å². The van der Waals surface area contributed by atoms with Crippen LogP contribution in [0.2, 0.25) is 0 Å². The van der Waals surface area contributed by atoms with Crippen LogP contribution in [0.3, 0.4) is 0 Å². The predicted molar refractivity (Wildman–Crippen MR) is 113 cm³/mol. The van der Waals surface area contributed by atoms with Gasteiger partial charge in [0, 0.05) is 22.0 Å². The Kier molecular flexibility index (Phi) is 3.94. The second kappa shape index (κ2) is 6.44. The van der Waals surface area contributed by atoms with Gasteiger partial charge in [-0.05, 0) is 71.2 Å². The van der Waals surface area contributed by atoms with Gasteiger partial charge < -0.3 is 5.32 Å². The van der Waals surface area contributed by atoms with Crippen LogP contribution in [0.15, 0.2) is 77.1 Å². The largest absolute Gasteiger partial charge is 0.361 e. The molecule has 1 N–H and O–H groups in total. The first-order valence-corrected chi connectivity index (χ1v) is 10.0. The second-order valence-corrected chi connectivity index (χ2v) is 7.98. The average Bonchev–Trinajstić information content (AvgIpc) is 2.96. The van der Waals surface area contributed by atoms with E-state index in [0.717, 1.165) is 25.7 Å². The Bertz CT molecular complexity index is 1020. The van der Waals surface area contributed by atoms with Crippen LogP contribution in [0.25, 0.3) is 16.7 Å². The minimum Gasteiger partial charge on any atom is -0.361 e. The maximum atomic E-state index is 3.86. The number of nitrogens with one attached hydrogen (secondary N) is 1. The van der Waals surface area contributed by atoms with Crippen LogP contribution in [0.5, 0.6) is 0 Å². The molecule has 1 aliphatic heterocycles. The van der Waals surface area contributed by atoms with Gasteiger partial charge in [0.2, 0.25) is 0 Å². The van der Waals surface area contributed by atoms with Crippen molar-refractivity contribution < 1.29 is 0 Å². The molecule has 0 radical (unpaired) electrons. The zero-order chi connectivity index (χ0) is 17.5. The van der Waals surface area contributed by atoms with E-state index in [0.29, 0.717) is 0 Å². The van der Waals surface area contributed by atoms with Crippen molar-refractivity contribution in [1.82, 2.24) is 5.32 Å². The van der Waals surface area contributed by atoms with Crippen LogP contribution in [0.4, 0.5) is 0 Å². The third-order valence-corrected chi connectivity index (χ3v) is 6.40. The summed E-state index contributed by atoms with van der Waals surface area (Å²) >= 11 is 3.86. The fraction of sp³-hybridized carbons (Fsp3) is 0.167. The number of benzene rings is 2. The molecule has 2 aromatic rings. The number of hydrogen-bond donors (Lipinski definition) is 1. The molecule has 26 heavy (non-hydrogen) atoms. The molecule has 128 valence electrons. The van der Waals surface area contributed by atoms with Gasteiger partial charge in [0.15, 0.2) is 0 Å². The van der Waals surface area contributed by atoms with E-state index in [9.17, 15) is 0 Å². The van der Waals surface area contributed by atoms with Crippen molar-refractivity contribution in [3.63, 3.8) is 0 Å². The zero-order valence-corrected chi connectivity index (χ0v) is 16.1. The summed E-state index contributed by atoms with van der Waals surface area (Å²) in [6.45, 7) is 0. The molecule has 1 nitrogen and oxygen atoms in total. The molecular weight excluding hydrogens is 382 g/mol. The highest BCUT2D eigenvalue weighted by atomic mass is 79.9. The van der Waals surface area contributed by atoms with Crippen LogP contribution < -0.4 is 5.32 Å². The molecule has 3 aliphatic rings. The molecule has 0 fully saturated rings. The minimum atomic E-state index is 1.06. The average molecular weight is 402 g/mol. The number of rotatable bonds is 1. The summed E-state index contributed by atoms with van der Waals surface area (Å²) < 4.78 is 1.30. The first-order valence-electron chi connectivity index (χ1n) is 9.25. The maximum absolute atomic E-state index is 3.86. The summed E-state index contributed by atoms with van der Waals surface area (Å²) in [7, 11) is 0. The summed E-state index contributed by atoms with van der Waals surface area (Å²) in [6, 6.07) is 13.5. The Hall–Kier alpha value is -2.32. The molecule has 2 aliphatic carbocycles. The van der Waals surface area contributed by atoms with Gasteiger partial charge in [-0.3, -0.25) is 0 Å². The minimum absolute atomic E-state index is 1.06. The normalized spacial score (nSPS) is 17.7. The van der Waals surface area contributed by atoms with Crippen molar-refractivity contribution in [3.8, 4) is 11.1 Å². The van der Waals surface area contributed by atoms with Crippen LogP contribution in [-0.2, 0) is 19.3 Å². The van der Waals surface area contributed by atoms with Crippen molar-refractivity contribution in [2.75, 3.05) is 0 Å². The van der Waals surface area contributed by atoms with Gasteiger partial charge in [0.1, 0.15) is 0 Å². The zero-order valence-electron chi connectivity index (χ0n) is 14.6. The monoisotopic (exact) mass is 401 g/mol. The maximum Gasteiger partial charge on any atom is 0.0467 e. The van der Waals surface area contributed by atoms with Crippen molar-refractivity contribution in [3.05, 3.63) is 99.3 Å². The third kappa shape index (κ3) is 2.52. The second-order valence-electron chi connectivity index (χ2n) is 7.02. The Morgan fingerprint density at radius 1 is 0.731 bits per heavy atom. The topological polar surface area (TPSA) is 12.0 Å². The van der Waals surface area contributed by atoms with Gasteiger partial charge in [-0.2, -0.15) is 0 Å². The molecule has 0 atom stereocenters. The Balaban J connectivity index is 1.68. The molecule has 0 amide bonds. The van der Waals surface area contributed by atoms with Crippen LogP contribution in [0, 0.1) is 0 Å². The lowest BCUT2D eigenvalue weighted by atomic mass is 9.77. The SMILES string of the molecule is BrC1=C(C2=CC=CC=CN2)c2ccc3c(c2CC1)CCc1ccccc1-3. The Morgan fingerprint density at radius 2 is 1.54 bits per heavy atom. The summed E-state index contributed by atoms with van der Waals surface area (Å²) in [5.41, 5.74) is 11.3. The number of hydrogen-bond acceptors (Lipinski definition) is 1. The molecule has 5 rings (SSSR count). The highest BCUT2D eigenvalue weighted by Gasteiger charge is 2.26. The van der Waals surface area contributed by atoms with Gasteiger partial charge in [0.05, 0.1) is 0 Å². The van der Waals surface area contributed by atoms with Gasteiger partial charge in [-0.15, -0.1) is 0 Å². The van der Waals surface area contributed by atoms with E-state index in [1.54, 1.807) is 5.56 Å². The van der Waals surface area contributed by atoms with Crippen LogP contribution in [0.1, 0.15) is 28.7 Å². The van der Waals surface area contributed by atoms with E-state index >= 15 is 0 Å². The summed E-state index contributed by atoms with van der Waals surface area (Å²) in [6.07, 6.45) is 14.8. The molecule has 2 heteroatoms. The lowest BCUT2D eigenvalue weighted by Gasteiger charge is -2.29.